The molecular weight excluding hydrogens is 391 g/mol. The van der Waals surface area contributed by atoms with Crippen molar-refractivity contribution in [2.75, 3.05) is 5.73 Å². The van der Waals surface area contributed by atoms with E-state index in [-0.39, 0.29) is 32.1 Å². The number of benzene rings is 2. The molecule has 2 N–H and O–H groups in total. The molecule has 9 heteroatoms. The van der Waals surface area contributed by atoms with Gasteiger partial charge in [-0.15, -0.1) is 0 Å². The van der Waals surface area contributed by atoms with Crippen molar-refractivity contribution in [3.63, 3.8) is 0 Å². The van der Waals surface area contributed by atoms with E-state index in [1.54, 1.807) is 0 Å². The highest BCUT2D eigenvalue weighted by Gasteiger charge is 2.20. The van der Waals surface area contributed by atoms with E-state index in [9.17, 15) is 14.5 Å². The van der Waals surface area contributed by atoms with E-state index >= 15 is 0 Å². The monoisotopic (exact) mass is 396 g/mol. The van der Waals surface area contributed by atoms with E-state index in [1.165, 1.54) is 24.5 Å². The van der Waals surface area contributed by atoms with Gasteiger partial charge in [0.15, 0.2) is 0 Å². The largest absolute Gasteiger partial charge is 0.398 e. The zero-order valence-corrected chi connectivity index (χ0v) is 13.6. The molecule has 3 aromatic rings. The lowest BCUT2D eigenvalue weighted by molar-refractivity contribution is -0.385. The van der Waals surface area contributed by atoms with E-state index in [4.69, 9.17) is 17.3 Å². The highest BCUT2D eigenvalue weighted by Crippen LogP contribution is 2.39. The first-order valence-electron chi connectivity index (χ1n) is 6.22. The van der Waals surface area contributed by atoms with Crippen LogP contribution >= 0.6 is 27.5 Å². The molecule has 0 bridgehead atoms. The summed E-state index contributed by atoms with van der Waals surface area (Å²) in [4.78, 5) is 18.7. The van der Waals surface area contributed by atoms with Crippen LogP contribution in [0.15, 0.2) is 35.1 Å². The number of hydrogen-bond donors (Lipinski definition) is 1. The fourth-order valence-corrected chi connectivity index (χ4v) is 2.95. The molecule has 0 aliphatic heterocycles. The van der Waals surface area contributed by atoms with Gasteiger partial charge < -0.3 is 5.73 Å². The van der Waals surface area contributed by atoms with Crippen molar-refractivity contribution in [3.05, 3.63) is 56.0 Å². The molecular formula is C14H7BrClFN4O2. The lowest BCUT2D eigenvalue weighted by atomic mass is 10.0. The number of hydrogen-bond acceptors (Lipinski definition) is 5. The molecule has 3 rings (SSSR count). The van der Waals surface area contributed by atoms with Crippen LogP contribution in [0.1, 0.15) is 0 Å². The maximum atomic E-state index is 13.8. The number of nitrogen functional groups attached to an aromatic ring is 1. The van der Waals surface area contributed by atoms with Crippen LogP contribution in [-0.2, 0) is 0 Å². The summed E-state index contributed by atoms with van der Waals surface area (Å²) >= 11 is 9.13. The van der Waals surface area contributed by atoms with Crippen molar-refractivity contribution in [2.24, 2.45) is 0 Å². The van der Waals surface area contributed by atoms with Crippen LogP contribution in [0.3, 0.4) is 0 Å². The highest BCUT2D eigenvalue weighted by atomic mass is 79.9. The van der Waals surface area contributed by atoms with Crippen molar-refractivity contribution in [2.45, 2.75) is 0 Å². The van der Waals surface area contributed by atoms with Crippen molar-refractivity contribution < 1.29 is 9.31 Å². The van der Waals surface area contributed by atoms with Crippen LogP contribution in [0.2, 0.25) is 5.02 Å². The summed E-state index contributed by atoms with van der Waals surface area (Å²) in [6.45, 7) is 0. The Hall–Kier alpha value is -2.32. The molecule has 0 aliphatic carbocycles. The second-order valence-corrected chi connectivity index (χ2v) is 5.86. The van der Waals surface area contributed by atoms with Crippen molar-refractivity contribution >= 4 is 49.8 Å². The number of nitrogens with zero attached hydrogens (tertiary/aromatic N) is 3. The molecule has 23 heavy (non-hydrogen) atoms. The van der Waals surface area contributed by atoms with Crippen LogP contribution in [-0.4, -0.2) is 14.9 Å². The van der Waals surface area contributed by atoms with E-state index < -0.39 is 10.7 Å². The molecule has 116 valence electrons. The summed E-state index contributed by atoms with van der Waals surface area (Å²) in [7, 11) is 0. The summed E-state index contributed by atoms with van der Waals surface area (Å²) in [6.07, 6.45) is 1.26. The van der Waals surface area contributed by atoms with Crippen LogP contribution < -0.4 is 5.73 Å². The molecule has 0 atom stereocenters. The first-order chi connectivity index (χ1) is 10.9. The van der Waals surface area contributed by atoms with Crippen molar-refractivity contribution in [3.8, 4) is 11.3 Å². The number of nitro groups is 1. The third-order valence-electron chi connectivity index (χ3n) is 3.26. The van der Waals surface area contributed by atoms with Gasteiger partial charge in [-0.2, -0.15) is 0 Å². The SMILES string of the molecule is Nc1ccc(F)c(Cl)c1-c1ncnc2cc(Br)c([N+](=O)[O-])cc12. The zero-order chi connectivity index (χ0) is 16.7. The molecule has 0 spiro atoms. The molecule has 2 aromatic carbocycles. The Bertz CT molecular complexity index is 967. The Morgan fingerprint density at radius 2 is 2.04 bits per heavy atom. The number of fused-ring (bicyclic) bond motifs is 1. The molecule has 0 aliphatic rings. The van der Waals surface area contributed by atoms with Crippen molar-refractivity contribution in [1.82, 2.24) is 9.97 Å². The number of rotatable bonds is 2. The molecule has 0 saturated heterocycles. The van der Waals surface area contributed by atoms with E-state index in [1.807, 2.05) is 0 Å². The van der Waals surface area contributed by atoms with E-state index in [0.717, 1.165) is 6.07 Å². The Kier molecular flexibility index (Phi) is 3.87. The number of nitrogens with two attached hydrogens (primary N) is 1. The average molecular weight is 398 g/mol. The minimum atomic E-state index is -0.658. The summed E-state index contributed by atoms with van der Waals surface area (Å²) in [5, 5.41) is 11.3. The van der Waals surface area contributed by atoms with Gasteiger partial charge in [0.2, 0.25) is 0 Å². The Morgan fingerprint density at radius 3 is 2.74 bits per heavy atom. The molecule has 0 saturated carbocycles. The van der Waals surface area contributed by atoms with Crippen LogP contribution in [0.4, 0.5) is 15.8 Å². The van der Waals surface area contributed by atoms with E-state index in [2.05, 4.69) is 25.9 Å². The first-order valence-corrected chi connectivity index (χ1v) is 7.39. The standard InChI is InChI=1S/C14H7BrClFN4O2/c15-7-4-10-6(3-11(7)21(22)23)14(20-5-19-10)12-9(18)2-1-8(17)13(12)16/h1-5H,18H2. The fourth-order valence-electron chi connectivity index (χ4n) is 2.21. The van der Waals surface area contributed by atoms with Gasteiger partial charge in [-0.05, 0) is 34.1 Å². The smallest absolute Gasteiger partial charge is 0.284 e. The number of nitro benzene ring substituents is 1. The molecule has 0 unspecified atom stereocenters. The molecule has 1 aromatic heterocycles. The predicted octanol–water partition coefficient (Wildman–Crippen LogP) is 4.34. The van der Waals surface area contributed by atoms with Gasteiger partial charge in [0.05, 0.1) is 25.6 Å². The highest BCUT2D eigenvalue weighted by molar-refractivity contribution is 9.10. The minimum Gasteiger partial charge on any atom is -0.398 e. The van der Waals surface area contributed by atoms with Gasteiger partial charge in [-0.1, -0.05) is 11.6 Å². The second kappa shape index (κ2) is 5.71. The van der Waals surface area contributed by atoms with Crippen LogP contribution in [0, 0.1) is 15.9 Å². The van der Waals surface area contributed by atoms with Gasteiger partial charge >= 0.3 is 0 Å². The predicted molar refractivity (Wildman–Crippen MR) is 88.7 cm³/mol. The Balaban J connectivity index is 2.42. The number of halogens is 3. The number of aromatic nitrogens is 2. The molecule has 0 radical (unpaired) electrons. The third-order valence-corrected chi connectivity index (χ3v) is 4.27. The molecule has 6 nitrogen and oxygen atoms in total. The van der Waals surface area contributed by atoms with Gasteiger partial charge in [0, 0.05) is 22.7 Å². The van der Waals surface area contributed by atoms with Gasteiger partial charge in [-0.25, -0.2) is 14.4 Å². The third kappa shape index (κ3) is 2.60. The minimum absolute atomic E-state index is 0.167. The van der Waals surface area contributed by atoms with E-state index in [0.29, 0.717) is 10.9 Å². The lowest BCUT2D eigenvalue weighted by Crippen LogP contribution is -1.98. The topological polar surface area (TPSA) is 94.9 Å². The zero-order valence-electron chi connectivity index (χ0n) is 11.3. The Labute approximate surface area is 142 Å². The Morgan fingerprint density at radius 1 is 1.30 bits per heavy atom. The first kappa shape index (κ1) is 15.6. The maximum Gasteiger partial charge on any atom is 0.284 e. The van der Waals surface area contributed by atoms with Crippen molar-refractivity contribution in [1.29, 1.82) is 0 Å². The van der Waals surface area contributed by atoms with Crippen LogP contribution in [0.5, 0.6) is 0 Å². The molecule has 1 heterocycles. The van der Waals surface area contributed by atoms with Crippen LogP contribution in [0.25, 0.3) is 22.2 Å². The van der Waals surface area contributed by atoms with Gasteiger partial charge in [0.25, 0.3) is 5.69 Å². The lowest BCUT2D eigenvalue weighted by Gasteiger charge is -2.11. The van der Waals surface area contributed by atoms with Gasteiger partial charge in [0.1, 0.15) is 12.1 Å². The maximum absolute atomic E-state index is 13.8. The summed E-state index contributed by atoms with van der Waals surface area (Å²) < 4.78 is 14.0. The molecule has 0 amide bonds. The molecule has 0 fully saturated rings. The summed E-state index contributed by atoms with van der Waals surface area (Å²) in [6, 6.07) is 5.29. The summed E-state index contributed by atoms with van der Waals surface area (Å²) in [5.74, 6) is -0.658. The fraction of sp³-hybridized carbons (Fsp3) is 0. The summed E-state index contributed by atoms with van der Waals surface area (Å²) in [5.41, 5.74) is 6.77. The quantitative estimate of drug-likeness (QED) is 0.394. The second-order valence-electron chi connectivity index (χ2n) is 4.63. The number of anilines is 1. The van der Waals surface area contributed by atoms with Gasteiger partial charge in [-0.3, -0.25) is 10.1 Å². The normalized spacial score (nSPS) is 10.9. The average Bonchev–Trinajstić information content (AvgIpc) is 2.50.